The first-order valence-corrected chi connectivity index (χ1v) is 12.4. The Labute approximate surface area is 218 Å². The summed E-state index contributed by atoms with van der Waals surface area (Å²) in [6.45, 7) is 2.76. The van der Waals surface area contributed by atoms with Crippen molar-refractivity contribution in [2.24, 2.45) is 0 Å². The Balaban J connectivity index is 1.50. The largest absolute Gasteiger partial charge is 0.507 e. The van der Waals surface area contributed by atoms with Crippen LogP contribution in [0.15, 0.2) is 80.4 Å². The van der Waals surface area contributed by atoms with Crippen LogP contribution in [0.5, 0.6) is 17.2 Å². The monoisotopic (exact) mass is 574 g/mol. The van der Waals surface area contributed by atoms with E-state index in [2.05, 4.69) is 20.8 Å². The smallest absolute Gasteiger partial charge is 0.453 e. The molecule has 0 bridgehead atoms. The molecule has 0 spiro atoms. The highest BCUT2D eigenvalue weighted by Crippen LogP contribution is 2.41. The number of nitrogens with zero attached hydrogens (tertiary/aromatic N) is 2. The van der Waals surface area contributed by atoms with Crippen LogP contribution in [0.2, 0.25) is 0 Å². The van der Waals surface area contributed by atoms with Crippen molar-refractivity contribution in [1.29, 1.82) is 0 Å². The molecule has 1 aromatic heterocycles. The minimum absolute atomic E-state index is 0.0370. The molecular formula is C27H22BrF3N2O4. The van der Waals surface area contributed by atoms with Gasteiger partial charge in [0.05, 0.1) is 15.4 Å². The van der Waals surface area contributed by atoms with Crippen molar-refractivity contribution >= 4 is 32.6 Å². The number of alkyl halides is 3. The van der Waals surface area contributed by atoms with Crippen LogP contribution in [-0.4, -0.2) is 36.2 Å². The zero-order valence-corrected chi connectivity index (χ0v) is 21.1. The van der Waals surface area contributed by atoms with Crippen molar-refractivity contribution in [2.45, 2.75) is 12.7 Å². The maximum Gasteiger partial charge on any atom is 0.453 e. The maximum atomic E-state index is 14.1. The van der Waals surface area contributed by atoms with Gasteiger partial charge in [0.15, 0.2) is 0 Å². The second-order valence-electron chi connectivity index (χ2n) is 8.66. The summed E-state index contributed by atoms with van der Waals surface area (Å²) in [5.41, 5.74) is -0.0592. The van der Waals surface area contributed by atoms with E-state index in [1.54, 1.807) is 18.2 Å². The Morgan fingerprint density at radius 2 is 1.62 bits per heavy atom. The first-order valence-electron chi connectivity index (χ1n) is 11.6. The summed E-state index contributed by atoms with van der Waals surface area (Å²) in [4.78, 5) is 17.5. The molecule has 0 saturated carbocycles. The van der Waals surface area contributed by atoms with Gasteiger partial charge in [0.25, 0.3) is 5.76 Å². The van der Waals surface area contributed by atoms with Crippen molar-refractivity contribution in [2.75, 3.05) is 31.1 Å². The van der Waals surface area contributed by atoms with E-state index in [-0.39, 0.29) is 34.6 Å². The lowest BCUT2D eigenvalue weighted by molar-refractivity contribution is -0.154. The summed E-state index contributed by atoms with van der Waals surface area (Å²) in [6, 6.07) is 18.7. The summed E-state index contributed by atoms with van der Waals surface area (Å²) < 4.78 is 53.3. The standard InChI is InChI=1S/C27H22BrF3N2O4/c28-20-8-4-5-9-22(20)36-25-23(35)18-10-11-21(34)19(24(18)37-26(25)27(29,30)31)16-32-12-14-33(15-13-32)17-6-2-1-3-7-17/h1-11,34H,12-16H2. The Morgan fingerprint density at radius 3 is 2.30 bits per heavy atom. The third kappa shape index (κ3) is 5.17. The summed E-state index contributed by atoms with van der Waals surface area (Å²) in [5.74, 6) is -2.72. The molecule has 3 aromatic carbocycles. The molecule has 5 rings (SSSR count). The molecule has 37 heavy (non-hydrogen) atoms. The molecule has 4 aromatic rings. The summed E-state index contributed by atoms with van der Waals surface area (Å²) in [6.07, 6.45) is -5.01. The van der Waals surface area contributed by atoms with Crippen LogP contribution in [-0.2, 0) is 12.7 Å². The van der Waals surface area contributed by atoms with Crippen LogP contribution < -0.4 is 15.1 Å². The number of piperazine rings is 1. The van der Waals surface area contributed by atoms with Gasteiger partial charge in [-0.2, -0.15) is 13.2 Å². The van der Waals surface area contributed by atoms with Crippen molar-refractivity contribution in [3.8, 4) is 17.2 Å². The average molecular weight is 575 g/mol. The fourth-order valence-corrected chi connectivity index (χ4v) is 4.75. The fourth-order valence-electron chi connectivity index (χ4n) is 4.38. The Morgan fingerprint density at radius 1 is 0.946 bits per heavy atom. The number of aromatic hydroxyl groups is 1. The summed E-state index contributed by atoms with van der Waals surface area (Å²) in [7, 11) is 0. The molecule has 0 atom stereocenters. The van der Waals surface area contributed by atoms with Crippen LogP contribution in [0.4, 0.5) is 18.9 Å². The number of phenolic OH excluding ortho intramolecular Hbond substituents is 1. The second-order valence-corrected chi connectivity index (χ2v) is 9.51. The van der Waals surface area contributed by atoms with Gasteiger partial charge in [0, 0.05) is 38.4 Å². The lowest BCUT2D eigenvalue weighted by atomic mass is 10.1. The first kappa shape index (κ1) is 25.2. The van der Waals surface area contributed by atoms with E-state index in [1.165, 1.54) is 18.2 Å². The normalized spacial score (nSPS) is 14.8. The molecule has 1 fully saturated rings. The molecule has 1 saturated heterocycles. The van der Waals surface area contributed by atoms with Gasteiger partial charge in [-0.1, -0.05) is 30.3 Å². The number of rotatable bonds is 5. The molecule has 192 valence electrons. The van der Waals surface area contributed by atoms with E-state index < -0.39 is 23.1 Å². The second kappa shape index (κ2) is 10.1. The molecule has 1 aliphatic rings. The van der Waals surface area contributed by atoms with Crippen LogP contribution in [0.25, 0.3) is 11.0 Å². The minimum atomic E-state index is -5.01. The Bertz CT molecular complexity index is 1480. The molecule has 10 heteroatoms. The van der Waals surface area contributed by atoms with E-state index in [4.69, 9.17) is 9.15 Å². The average Bonchev–Trinajstić information content (AvgIpc) is 2.88. The molecule has 1 N–H and O–H groups in total. The molecular weight excluding hydrogens is 553 g/mol. The molecule has 0 aliphatic carbocycles. The number of hydrogen-bond donors (Lipinski definition) is 1. The Kier molecular flexibility index (Phi) is 6.87. The van der Waals surface area contributed by atoms with Gasteiger partial charge in [0.1, 0.15) is 17.1 Å². The van der Waals surface area contributed by atoms with Crippen molar-refractivity contribution in [3.05, 3.63) is 92.7 Å². The highest BCUT2D eigenvalue weighted by atomic mass is 79.9. The van der Waals surface area contributed by atoms with E-state index in [1.807, 2.05) is 35.2 Å². The number of benzene rings is 3. The number of phenols is 1. The molecule has 2 heterocycles. The number of hydrogen-bond acceptors (Lipinski definition) is 6. The van der Waals surface area contributed by atoms with Crippen LogP contribution in [0.3, 0.4) is 0 Å². The molecule has 0 amide bonds. The lowest BCUT2D eigenvalue weighted by Gasteiger charge is -2.36. The fraction of sp³-hybridized carbons (Fsp3) is 0.222. The number of halogens is 4. The third-order valence-electron chi connectivity index (χ3n) is 6.28. The maximum absolute atomic E-state index is 14.1. The van der Waals surface area contributed by atoms with Crippen LogP contribution >= 0.6 is 15.9 Å². The van der Waals surface area contributed by atoms with E-state index in [0.717, 1.165) is 5.69 Å². The van der Waals surface area contributed by atoms with Crippen LogP contribution in [0, 0.1) is 0 Å². The van der Waals surface area contributed by atoms with Gasteiger partial charge in [-0.15, -0.1) is 0 Å². The van der Waals surface area contributed by atoms with Gasteiger partial charge in [-0.25, -0.2) is 0 Å². The van der Waals surface area contributed by atoms with E-state index >= 15 is 0 Å². The van der Waals surface area contributed by atoms with Gasteiger partial charge in [0.2, 0.25) is 11.2 Å². The zero-order chi connectivity index (χ0) is 26.2. The molecule has 0 radical (unpaired) electrons. The topological polar surface area (TPSA) is 66.2 Å². The highest BCUT2D eigenvalue weighted by molar-refractivity contribution is 9.10. The number of para-hydroxylation sites is 2. The van der Waals surface area contributed by atoms with Crippen molar-refractivity contribution in [3.63, 3.8) is 0 Å². The molecule has 0 unspecified atom stereocenters. The quantitative estimate of drug-likeness (QED) is 0.298. The van der Waals surface area contributed by atoms with Gasteiger partial charge < -0.3 is 19.2 Å². The predicted octanol–water partition coefficient (Wildman–Crippen LogP) is 6.39. The van der Waals surface area contributed by atoms with Crippen LogP contribution in [0.1, 0.15) is 11.3 Å². The predicted molar refractivity (Wildman–Crippen MR) is 137 cm³/mol. The van der Waals surface area contributed by atoms with Gasteiger partial charge in [-0.3, -0.25) is 9.69 Å². The molecule has 1 aliphatic heterocycles. The highest BCUT2D eigenvalue weighted by Gasteiger charge is 2.41. The van der Waals surface area contributed by atoms with E-state index in [0.29, 0.717) is 30.7 Å². The van der Waals surface area contributed by atoms with E-state index in [9.17, 15) is 23.1 Å². The first-order chi connectivity index (χ1) is 17.7. The van der Waals surface area contributed by atoms with Gasteiger partial charge >= 0.3 is 6.18 Å². The Hall–Kier alpha value is -3.50. The van der Waals surface area contributed by atoms with Crippen molar-refractivity contribution < 1.29 is 27.4 Å². The number of fused-ring (bicyclic) bond motifs is 1. The summed E-state index contributed by atoms with van der Waals surface area (Å²) >= 11 is 3.22. The third-order valence-corrected chi connectivity index (χ3v) is 6.93. The molecule has 6 nitrogen and oxygen atoms in total. The SMILES string of the molecule is O=c1c(Oc2ccccc2Br)c(C(F)(F)F)oc2c(CN3CCN(c4ccccc4)CC3)c(O)ccc12. The number of ether oxygens (including phenoxy) is 1. The lowest BCUT2D eigenvalue weighted by Crippen LogP contribution is -2.46. The number of anilines is 1. The summed E-state index contributed by atoms with van der Waals surface area (Å²) in [5, 5.41) is 10.5. The zero-order valence-electron chi connectivity index (χ0n) is 19.5. The van der Waals surface area contributed by atoms with Gasteiger partial charge in [-0.05, 0) is 52.3 Å². The minimum Gasteiger partial charge on any atom is -0.507 e. The van der Waals surface area contributed by atoms with Crippen molar-refractivity contribution in [1.82, 2.24) is 4.90 Å².